The highest BCUT2D eigenvalue weighted by Crippen LogP contribution is 2.34. The summed E-state index contributed by atoms with van der Waals surface area (Å²) in [5.74, 6) is -0.886. The SMILES string of the molecule is O=C(O)CC1(NC(=O)NCc2ccc(Cl)cc2)CCC1. The second-order valence-corrected chi connectivity index (χ2v) is 5.57. The van der Waals surface area contributed by atoms with Gasteiger partial charge >= 0.3 is 12.0 Å². The molecule has 2 rings (SSSR count). The largest absolute Gasteiger partial charge is 0.481 e. The van der Waals surface area contributed by atoms with Gasteiger partial charge in [-0.1, -0.05) is 23.7 Å². The van der Waals surface area contributed by atoms with Crippen LogP contribution >= 0.6 is 11.6 Å². The number of benzene rings is 1. The molecular weight excluding hydrogens is 280 g/mol. The summed E-state index contributed by atoms with van der Waals surface area (Å²) in [4.78, 5) is 22.6. The molecule has 6 heteroatoms. The molecule has 5 nitrogen and oxygen atoms in total. The lowest BCUT2D eigenvalue weighted by atomic mass is 9.74. The molecular formula is C14H17ClN2O3. The first kappa shape index (κ1) is 14.7. The third-order valence-corrected chi connectivity index (χ3v) is 3.80. The van der Waals surface area contributed by atoms with Crippen molar-refractivity contribution in [1.82, 2.24) is 10.6 Å². The van der Waals surface area contributed by atoms with Crippen molar-refractivity contribution in [2.24, 2.45) is 0 Å². The minimum absolute atomic E-state index is 0.0264. The summed E-state index contributed by atoms with van der Waals surface area (Å²) in [5, 5.41) is 15.0. The molecule has 108 valence electrons. The Labute approximate surface area is 122 Å². The fourth-order valence-corrected chi connectivity index (χ4v) is 2.43. The van der Waals surface area contributed by atoms with Crippen LogP contribution in [-0.2, 0) is 11.3 Å². The maximum absolute atomic E-state index is 11.8. The van der Waals surface area contributed by atoms with E-state index in [1.54, 1.807) is 12.1 Å². The van der Waals surface area contributed by atoms with Gasteiger partial charge in [0.25, 0.3) is 0 Å². The van der Waals surface area contributed by atoms with Gasteiger partial charge in [-0.25, -0.2) is 4.79 Å². The normalized spacial score (nSPS) is 16.1. The average molecular weight is 297 g/mol. The van der Waals surface area contributed by atoms with Gasteiger partial charge in [0, 0.05) is 11.6 Å². The predicted molar refractivity (Wildman–Crippen MR) is 75.7 cm³/mol. The standard InChI is InChI=1S/C14H17ClN2O3/c15-11-4-2-10(3-5-11)9-16-13(20)17-14(6-1-7-14)8-12(18)19/h2-5H,1,6-9H2,(H,18,19)(H2,16,17,20). The van der Waals surface area contributed by atoms with Gasteiger partial charge in [-0.05, 0) is 37.0 Å². The highest BCUT2D eigenvalue weighted by atomic mass is 35.5. The summed E-state index contributed by atoms with van der Waals surface area (Å²) in [6.45, 7) is 0.381. The quantitative estimate of drug-likeness (QED) is 0.781. The molecule has 0 radical (unpaired) electrons. The van der Waals surface area contributed by atoms with Crippen LogP contribution in [0.2, 0.25) is 5.02 Å². The Morgan fingerprint density at radius 1 is 1.25 bits per heavy atom. The molecule has 0 heterocycles. The molecule has 0 aromatic heterocycles. The summed E-state index contributed by atoms with van der Waals surface area (Å²) in [6.07, 6.45) is 2.35. The number of carbonyl (C=O) groups is 2. The molecule has 1 aromatic carbocycles. The summed E-state index contributed by atoms with van der Waals surface area (Å²) < 4.78 is 0. The van der Waals surface area contributed by atoms with Crippen LogP contribution in [0.3, 0.4) is 0 Å². The van der Waals surface area contributed by atoms with E-state index in [4.69, 9.17) is 16.7 Å². The predicted octanol–water partition coefficient (Wildman–Crippen LogP) is 2.54. The van der Waals surface area contributed by atoms with Crippen LogP contribution in [0.1, 0.15) is 31.2 Å². The fourth-order valence-electron chi connectivity index (χ4n) is 2.31. The first-order valence-corrected chi connectivity index (χ1v) is 6.89. The summed E-state index contributed by atoms with van der Waals surface area (Å²) >= 11 is 5.78. The number of rotatable bonds is 5. The Bertz CT molecular complexity index is 498. The number of hydrogen-bond acceptors (Lipinski definition) is 2. The number of carboxylic acid groups (broad SMARTS) is 1. The van der Waals surface area contributed by atoms with Gasteiger partial charge in [0.2, 0.25) is 0 Å². The lowest BCUT2D eigenvalue weighted by molar-refractivity contribution is -0.139. The van der Waals surface area contributed by atoms with Crippen LogP contribution < -0.4 is 10.6 Å². The van der Waals surface area contributed by atoms with Crippen LogP contribution in [0, 0.1) is 0 Å². The Kier molecular flexibility index (Phi) is 4.49. The topological polar surface area (TPSA) is 78.4 Å². The second-order valence-electron chi connectivity index (χ2n) is 5.14. The van der Waals surface area contributed by atoms with Gasteiger partial charge in [0.15, 0.2) is 0 Å². The van der Waals surface area contributed by atoms with E-state index in [1.807, 2.05) is 12.1 Å². The zero-order valence-electron chi connectivity index (χ0n) is 11.0. The van der Waals surface area contributed by atoms with Crippen molar-refractivity contribution >= 4 is 23.6 Å². The average Bonchev–Trinajstić information content (AvgIpc) is 2.35. The fraction of sp³-hybridized carbons (Fsp3) is 0.429. The first-order chi connectivity index (χ1) is 9.49. The van der Waals surface area contributed by atoms with Gasteiger partial charge < -0.3 is 15.7 Å². The number of amides is 2. The molecule has 2 amide bonds. The van der Waals surface area contributed by atoms with E-state index in [0.29, 0.717) is 24.4 Å². The number of carbonyl (C=O) groups excluding carboxylic acids is 1. The summed E-state index contributed by atoms with van der Waals surface area (Å²) in [5.41, 5.74) is 0.362. The van der Waals surface area contributed by atoms with Crippen molar-refractivity contribution in [2.45, 2.75) is 37.8 Å². The number of halogens is 1. The number of carboxylic acids is 1. The van der Waals surface area contributed by atoms with Gasteiger partial charge in [-0.15, -0.1) is 0 Å². The van der Waals surface area contributed by atoms with Gasteiger partial charge in [0.05, 0.1) is 12.0 Å². The lowest BCUT2D eigenvalue weighted by Gasteiger charge is -2.41. The van der Waals surface area contributed by atoms with Crippen molar-refractivity contribution in [3.8, 4) is 0 Å². The van der Waals surface area contributed by atoms with Crippen molar-refractivity contribution < 1.29 is 14.7 Å². The highest BCUT2D eigenvalue weighted by Gasteiger charge is 2.40. The van der Waals surface area contributed by atoms with Crippen LogP contribution in [0.25, 0.3) is 0 Å². The molecule has 0 bridgehead atoms. The molecule has 0 spiro atoms. The number of urea groups is 1. The third-order valence-electron chi connectivity index (χ3n) is 3.55. The molecule has 1 aliphatic carbocycles. The van der Waals surface area contributed by atoms with Crippen molar-refractivity contribution in [2.75, 3.05) is 0 Å². The molecule has 1 aromatic rings. The Morgan fingerprint density at radius 2 is 1.90 bits per heavy atom. The van der Waals surface area contributed by atoms with E-state index in [2.05, 4.69) is 10.6 Å². The number of hydrogen-bond donors (Lipinski definition) is 3. The van der Waals surface area contributed by atoms with Crippen molar-refractivity contribution in [3.63, 3.8) is 0 Å². The van der Waals surface area contributed by atoms with Crippen LogP contribution in [-0.4, -0.2) is 22.6 Å². The van der Waals surface area contributed by atoms with Crippen molar-refractivity contribution in [1.29, 1.82) is 0 Å². The molecule has 0 aliphatic heterocycles. The smallest absolute Gasteiger partial charge is 0.315 e. The molecule has 1 aliphatic rings. The van der Waals surface area contributed by atoms with Crippen LogP contribution in [0.15, 0.2) is 24.3 Å². The van der Waals surface area contributed by atoms with Gasteiger partial charge in [-0.3, -0.25) is 4.79 Å². The van der Waals surface area contributed by atoms with Crippen molar-refractivity contribution in [3.05, 3.63) is 34.9 Å². The van der Waals surface area contributed by atoms with E-state index in [-0.39, 0.29) is 12.5 Å². The minimum Gasteiger partial charge on any atom is -0.481 e. The third kappa shape index (κ3) is 3.87. The molecule has 0 unspecified atom stereocenters. The van der Waals surface area contributed by atoms with E-state index in [0.717, 1.165) is 12.0 Å². The van der Waals surface area contributed by atoms with E-state index < -0.39 is 11.5 Å². The van der Waals surface area contributed by atoms with Gasteiger partial charge in [-0.2, -0.15) is 0 Å². The highest BCUT2D eigenvalue weighted by molar-refractivity contribution is 6.30. The number of nitrogens with one attached hydrogen (secondary N) is 2. The zero-order chi connectivity index (χ0) is 14.6. The monoisotopic (exact) mass is 296 g/mol. The molecule has 20 heavy (non-hydrogen) atoms. The zero-order valence-corrected chi connectivity index (χ0v) is 11.7. The molecule has 1 saturated carbocycles. The molecule has 0 atom stereocenters. The van der Waals surface area contributed by atoms with Crippen LogP contribution in [0.4, 0.5) is 4.79 Å². The molecule has 1 fully saturated rings. The van der Waals surface area contributed by atoms with Gasteiger partial charge in [0.1, 0.15) is 0 Å². The Morgan fingerprint density at radius 3 is 2.40 bits per heavy atom. The first-order valence-electron chi connectivity index (χ1n) is 6.51. The minimum atomic E-state index is -0.886. The summed E-state index contributed by atoms with van der Waals surface area (Å²) in [6, 6.07) is 6.85. The van der Waals surface area contributed by atoms with Crippen LogP contribution in [0.5, 0.6) is 0 Å². The lowest BCUT2D eigenvalue weighted by Crippen LogP contribution is -2.57. The molecule has 0 saturated heterocycles. The second kappa shape index (κ2) is 6.13. The number of aliphatic carboxylic acids is 1. The van der Waals surface area contributed by atoms with E-state index in [9.17, 15) is 9.59 Å². The maximum Gasteiger partial charge on any atom is 0.315 e. The Hall–Kier alpha value is -1.75. The van der Waals surface area contributed by atoms with E-state index in [1.165, 1.54) is 0 Å². The molecule has 3 N–H and O–H groups in total. The Balaban J connectivity index is 1.83. The van der Waals surface area contributed by atoms with E-state index >= 15 is 0 Å². The summed E-state index contributed by atoms with van der Waals surface area (Å²) in [7, 11) is 0. The maximum atomic E-state index is 11.8.